The highest BCUT2D eigenvalue weighted by atomic mass is 35.5. The number of carbonyl (C=O) groups excluding carboxylic acids is 5. The van der Waals surface area contributed by atoms with Crippen molar-refractivity contribution in [1.29, 1.82) is 5.26 Å². The SMILES string of the molecule is C/C1=C(N2CC(N3CCC(C#Cc4ccc5c(c4)CN([C@H]4C(C)(C)[C@H](Oc6ccc(C#N)c(Cl)c6)C4(C)C)C5=O)CC3)C2)/C=N\C2=C(CC1)C(=O)N(C1CCC(=O)NC1=O)C2=O. The van der Waals surface area contributed by atoms with Gasteiger partial charge in [-0.2, -0.15) is 5.26 Å². The summed E-state index contributed by atoms with van der Waals surface area (Å²) in [6.07, 6.45) is 4.62. The molecule has 13 nitrogen and oxygen atoms in total. The normalized spacial score (nSPS) is 27.9. The average molecular weight is 856 g/mol. The smallest absolute Gasteiger partial charge is 0.280 e. The van der Waals surface area contributed by atoms with Crippen LogP contribution in [0, 0.1) is 39.9 Å². The van der Waals surface area contributed by atoms with Crippen molar-refractivity contribution in [1.82, 2.24) is 24.9 Å². The summed E-state index contributed by atoms with van der Waals surface area (Å²) in [4.78, 5) is 77.1. The van der Waals surface area contributed by atoms with Gasteiger partial charge in [-0.3, -0.25) is 39.1 Å². The van der Waals surface area contributed by atoms with Gasteiger partial charge in [-0.15, -0.1) is 0 Å². The van der Waals surface area contributed by atoms with E-state index in [1.54, 1.807) is 24.4 Å². The lowest BCUT2D eigenvalue weighted by Crippen LogP contribution is -2.74. The minimum Gasteiger partial charge on any atom is -0.489 e. The number of nitrogens with zero attached hydrogens (tertiary/aromatic N) is 6. The van der Waals surface area contributed by atoms with Gasteiger partial charge >= 0.3 is 0 Å². The average Bonchev–Trinajstić information content (AvgIpc) is 3.64. The van der Waals surface area contributed by atoms with Crippen LogP contribution in [-0.2, 0) is 25.7 Å². The molecular formula is C48H50ClN7O6. The predicted molar refractivity (Wildman–Crippen MR) is 230 cm³/mol. The Bertz CT molecular complexity index is 2510. The number of benzene rings is 2. The van der Waals surface area contributed by atoms with Crippen molar-refractivity contribution >= 4 is 47.4 Å². The van der Waals surface area contributed by atoms with Crippen LogP contribution in [0.25, 0.3) is 0 Å². The van der Waals surface area contributed by atoms with E-state index in [4.69, 9.17) is 16.3 Å². The number of fused-ring (bicyclic) bond motifs is 1. The molecule has 1 saturated carbocycles. The predicted octanol–water partition coefficient (Wildman–Crippen LogP) is 5.36. The molecule has 0 radical (unpaired) electrons. The third-order valence-electron chi connectivity index (χ3n) is 14.2. The topological polar surface area (TPSA) is 156 Å². The minimum absolute atomic E-state index is 0.0334. The van der Waals surface area contributed by atoms with E-state index in [-0.39, 0.29) is 53.3 Å². The monoisotopic (exact) mass is 855 g/mol. The second-order valence-electron chi connectivity index (χ2n) is 18.9. The molecule has 1 unspecified atom stereocenters. The number of amides is 5. The van der Waals surface area contributed by atoms with Crippen LogP contribution in [0.3, 0.4) is 0 Å². The van der Waals surface area contributed by atoms with E-state index >= 15 is 0 Å². The van der Waals surface area contributed by atoms with Crippen molar-refractivity contribution in [3.63, 3.8) is 0 Å². The van der Waals surface area contributed by atoms with E-state index in [9.17, 15) is 29.2 Å². The molecule has 2 aromatic carbocycles. The first kappa shape index (κ1) is 41.6. The molecule has 1 atom stereocenters. The highest BCUT2D eigenvalue weighted by Crippen LogP contribution is 2.59. The molecule has 6 heterocycles. The van der Waals surface area contributed by atoms with Gasteiger partial charge in [0.1, 0.15) is 29.7 Å². The zero-order valence-corrected chi connectivity index (χ0v) is 36.5. The molecule has 62 heavy (non-hydrogen) atoms. The molecule has 3 saturated heterocycles. The second-order valence-corrected chi connectivity index (χ2v) is 19.3. The molecule has 9 rings (SSSR count). The maximum Gasteiger partial charge on any atom is 0.280 e. The summed E-state index contributed by atoms with van der Waals surface area (Å²) in [5.41, 5.74) is 4.84. The van der Waals surface area contributed by atoms with Gasteiger partial charge in [0, 0.05) is 77.7 Å². The Morgan fingerprint density at radius 3 is 2.34 bits per heavy atom. The number of carbonyl (C=O) groups is 5. The number of aliphatic imine (C=N–C) groups is 1. The molecule has 2 aromatic rings. The third-order valence-corrected chi connectivity index (χ3v) is 14.5. The number of likely N-dealkylation sites (tertiary alicyclic amines) is 2. The lowest BCUT2D eigenvalue weighted by Gasteiger charge is -2.65. The van der Waals surface area contributed by atoms with E-state index < -0.39 is 29.7 Å². The Morgan fingerprint density at radius 1 is 0.903 bits per heavy atom. The van der Waals surface area contributed by atoms with Gasteiger partial charge in [0.2, 0.25) is 11.8 Å². The number of nitrogens with one attached hydrogen (secondary N) is 1. The summed E-state index contributed by atoms with van der Waals surface area (Å²) in [5.74, 6) is 5.80. The van der Waals surface area contributed by atoms with Crippen molar-refractivity contribution in [3.05, 3.63) is 86.2 Å². The summed E-state index contributed by atoms with van der Waals surface area (Å²) in [6, 6.07) is 12.5. The van der Waals surface area contributed by atoms with Crippen molar-refractivity contribution < 1.29 is 28.7 Å². The third kappa shape index (κ3) is 7.00. The summed E-state index contributed by atoms with van der Waals surface area (Å²) >= 11 is 6.30. The van der Waals surface area contributed by atoms with Gasteiger partial charge in [0.25, 0.3) is 17.7 Å². The van der Waals surface area contributed by atoms with Crippen LogP contribution in [0.4, 0.5) is 0 Å². The molecule has 0 spiro atoms. The van der Waals surface area contributed by atoms with E-state index in [0.717, 1.165) is 71.9 Å². The van der Waals surface area contributed by atoms with E-state index in [0.29, 0.717) is 47.3 Å². The number of hydrogen-bond donors (Lipinski definition) is 1. The number of allylic oxidation sites excluding steroid dienone is 2. The maximum atomic E-state index is 13.9. The fourth-order valence-corrected chi connectivity index (χ4v) is 11.5. The van der Waals surface area contributed by atoms with Crippen LogP contribution in [0.2, 0.25) is 5.02 Å². The Kier molecular flexibility index (Phi) is 10.4. The lowest BCUT2D eigenvalue weighted by atomic mass is 9.49. The first-order chi connectivity index (χ1) is 29.6. The van der Waals surface area contributed by atoms with Gasteiger partial charge in [0.05, 0.1) is 22.5 Å². The quantitative estimate of drug-likeness (QED) is 0.299. The number of halogens is 1. The van der Waals surface area contributed by atoms with Crippen LogP contribution in [0.15, 0.2) is 63.9 Å². The molecule has 1 N–H and O–H groups in total. The zero-order valence-electron chi connectivity index (χ0n) is 35.7. The maximum absolute atomic E-state index is 13.9. The number of hydrogen-bond acceptors (Lipinski definition) is 10. The molecule has 320 valence electrons. The Morgan fingerprint density at radius 2 is 1.65 bits per heavy atom. The summed E-state index contributed by atoms with van der Waals surface area (Å²) < 4.78 is 6.48. The Balaban J connectivity index is 0.774. The minimum atomic E-state index is -1.01. The summed E-state index contributed by atoms with van der Waals surface area (Å²) in [7, 11) is 0. The fourth-order valence-electron chi connectivity index (χ4n) is 11.3. The fraction of sp³-hybridized carbons (Fsp3) is 0.479. The van der Waals surface area contributed by atoms with Crippen LogP contribution >= 0.6 is 11.6 Å². The van der Waals surface area contributed by atoms with Crippen molar-refractivity contribution in [2.45, 2.75) is 104 Å². The summed E-state index contributed by atoms with van der Waals surface area (Å²) in [5, 5.41) is 11.9. The zero-order chi connectivity index (χ0) is 43.8. The van der Waals surface area contributed by atoms with Crippen molar-refractivity contribution in [3.8, 4) is 23.7 Å². The first-order valence-electron chi connectivity index (χ1n) is 21.6. The molecule has 7 aliphatic rings. The van der Waals surface area contributed by atoms with Gasteiger partial charge in [-0.1, -0.05) is 51.1 Å². The molecule has 1 aliphatic carbocycles. The van der Waals surface area contributed by atoms with Crippen molar-refractivity contribution in [2.75, 3.05) is 26.2 Å². The number of rotatable bonds is 6. The molecule has 6 aliphatic heterocycles. The number of ether oxygens (including phenoxy) is 1. The second kappa shape index (κ2) is 15.5. The molecule has 14 heteroatoms. The number of imide groups is 2. The first-order valence-corrected chi connectivity index (χ1v) is 21.9. The van der Waals surface area contributed by atoms with E-state index in [1.807, 2.05) is 24.0 Å². The Hall–Kier alpha value is -5.76. The lowest BCUT2D eigenvalue weighted by molar-refractivity contribution is -0.199. The molecule has 0 bridgehead atoms. The molecule has 4 fully saturated rings. The standard InChI is InChI=1S/C48H50ClN7O6/c1-27-6-12-35-40(44(61)56(43(35)60)37-14-15-39(57)52-41(37)58)51-23-38(27)54-25-32(26-54)53-18-16-28(17-19-53)7-8-29-9-13-34-31(20-29)24-55(42(34)59)45-47(2,3)46(48(45,4)5)62-33-11-10-30(22-50)36(49)21-33/h9-11,13,20-21,23,28,32,37,45-46H,6,12,14-19,24-26H2,1-5H3,(H,52,57,58)/b38-27+,51-23-/t37?,45-,46-. The van der Waals surface area contributed by atoms with Crippen molar-refractivity contribution in [2.24, 2.45) is 21.7 Å². The van der Waals surface area contributed by atoms with Gasteiger partial charge in [-0.05, 0) is 93.6 Å². The van der Waals surface area contributed by atoms with Crippen LogP contribution in [0.1, 0.15) is 100 Å². The van der Waals surface area contributed by atoms with Gasteiger partial charge in [-0.25, -0.2) is 4.99 Å². The molecular weight excluding hydrogens is 806 g/mol. The van der Waals surface area contributed by atoms with Gasteiger partial charge in [0.15, 0.2) is 0 Å². The number of piperidine rings is 2. The van der Waals surface area contributed by atoms with Gasteiger partial charge < -0.3 is 14.5 Å². The molecule has 5 amide bonds. The van der Waals surface area contributed by atoms with Crippen LogP contribution < -0.4 is 10.1 Å². The molecule has 0 aromatic heterocycles. The van der Waals surface area contributed by atoms with E-state index in [2.05, 4.69) is 71.8 Å². The highest BCUT2D eigenvalue weighted by Gasteiger charge is 2.67. The van der Waals surface area contributed by atoms with Crippen LogP contribution in [0.5, 0.6) is 5.75 Å². The highest BCUT2D eigenvalue weighted by molar-refractivity contribution is 6.31. The van der Waals surface area contributed by atoms with E-state index in [1.165, 1.54) is 0 Å². The van der Waals surface area contributed by atoms with Crippen LogP contribution in [-0.4, -0.2) is 106 Å². The largest absolute Gasteiger partial charge is 0.489 e. The summed E-state index contributed by atoms with van der Waals surface area (Å²) in [6.45, 7) is 14.7. The number of nitriles is 1. The Labute approximate surface area is 366 Å².